The zero-order valence-electron chi connectivity index (χ0n) is 13.8. The van der Waals surface area contributed by atoms with Crippen molar-refractivity contribution in [3.05, 3.63) is 35.5 Å². The minimum absolute atomic E-state index is 0.0189. The molecule has 3 N–H and O–H groups in total. The van der Waals surface area contributed by atoms with Crippen LogP contribution >= 0.6 is 0 Å². The summed E-state index contributed by atoms with van der Waals surface area (Å²) in [7, 11) is 3.20. The van der Waals surface area contributed by atoms with Gasteiger partial charge in [0.05, 0.1) is 7.11 Å². The normalized spacial score (nSPS) is 17.8. The fourth-order valence-corrected chi connectivity index (χ4v) is 2.65. The summed E-state index contributed by atoms with van der Waals surface area (Å²) in [4.78, 5) is 18.0. The Morgan fingerprint density at radius 3 is 2.96 bits per heavy atom. The topological polar surface area (TPSA) is 104 Å². The van der Waals surface area contributed by atoms with Crippen molar-refractivity contribution < 1.29 is 9.53 Å². The molecule has 24 heavy (non-hydrogen) atoms. The summed E-state index contributed by atoms with van der Waals surface area (Å²) >= 11 is 0. The van der Waals surface area contributed by atoms with Crippen molar-refractivity contribution in [1.29, 1.82) is 5.26 Å². The highest BCUT2D eigenvalue weighted by Gasteiger charge is 2.23. The monoisotopic (exact) mass is 327 g/mol. The third-order valence-electron chi connectivity index (χ3n) is 3.89. The number of nitriles is 1. The van der Waals surface area contributed by atoms with Crippen molar-refractivity contribution in [3.8, 4) is 11.9 Å². The van der Waals surface area contributed by atoms with Crippen molar-refractivity contribution in [2.75, 3.05) is 27.2 Å². The number of hydrogen-bond acceptors (Lipinski definition) is 6. The maximum Gasteiger partial charge on any atom is 0.251 e. The van der Waals surface area contributed by atoms with Gasteiger partial charge in [0, 0.05) is 55.3 Å². The molecule has 2 rings (SSSR count). The van der Waals surface area contributed by atoms with Crippen LogP contribution in [-0.4, -0.2) is 50.3 Å². The number of allylic oxidation sites excluding steroid dienone is 1. The van der Waals surface area contributed by atoms with Gasteiger partial charge >= 0.3 is 0 Å². The van der Waals surface area contributed by atoms with Gasteiger partial charge < -0.3 is 20.7 Å². The fraction of sp³-hybridized carbons (Fsp3) is 0.353. The Hall–Kier alpha value is -3.01. The second-order valence-corrected chi connectivity index (χ2v) is 5.43. The lowest BCUT2D eigenvalue weighted by atomic mass is 10.0. The molecule has 7 heteroatoms. The number of carbonyl (C=O) groups excluding carboxylic acids is 1. The first-order chi connectivity index (χ1) is 11.6. The molecule has 1 heterocycles. The van der Waals surface area contributed by atoms with Crippen LogP contribution in [0, 0.1) is 11.5 Å². The number of benzene rings is 1. The Morgan fingerprint density at radius 1 is 1.58 bits per heavy atom. The molecule has 0 radical (unpaired) electrons. The highest BCUT2D eigenvalue weighted by molar-refractivity contribution is 6.11. The van der Waals surface area contributed by atoms with Gasteiger partial charge in [0.25, 0.3) is 5.91 Å². The van der Waals surface area contributed by atoms with E-state index < -0.39 is 0 Å². The average molecular weight is 327 g/mol. The van der Waals surface area contributed by atoms with Crippen LogP contribution in [0.15, 0.2) is 29.4 Å². The Morgan fingerprint density at radius 2 is 2.38 bits per heavy atom. The molecule has 1 aromatic carbocycles. The first-order valence-electron chi connectivity index (χ1n) is 7.61. The first-order valence-corrected chi connectivity index (χ1v) is 7.61. The van der Waals surface area contributed by atoms with E-state index >= 15 is 0 Å². The SMILES string of the molecule is CN=CC(=CN)c1ccc(C(=O)N[C@@H]2CCN(C#N)C2)cc1OC. The minimum Gasteiger partial charge on any atom is -0.496 e. The van der Waals surface area contributed by atoms with Gasteiger partial charge in [-0.1, -0.05) is 0 Å². The van der Waals surface area contributed by atoms with Crippen LogP contribution in [0.25, 0.3) is 5.57 Å². The predicted octanol–water partition coefficient (Wildman–Crippen LogP) is 0.981. The molecule has 0 saturated carbocycles. The smallest absolute Gasteiger partial charge is 0.251 e. The van der Waals surface area contributed by atoms with Gasteiger partial charge in [-0.25, -0.2) is 0 Å². The van der Waals surface area contributed by atoms with E-state index in [1.54, 1.807) is 43.5 Å². The molecule has 1 amide bonds. The Labute approximate surface area is 141 Å². The molecule has 0 unspecified atom stereocenters. The molecule has 1 atom stereocenters. The molecule has 1 fully saturated rings. The lowest BCUT2D eigenvalue weighted by molar-refractivity contribution is 0.0938. The van der Waals surface area contributed by atoms with Crippen LogP contribution in [0.1, 0.15) is 22.3 Å². The van der Waals surface area contributed by atoms with E-state index in [2.05, 4.69) is 16.5 Å². The summed E-state index contributed by atoms with van der Waals surface area (Å²) in [5, 5.41) is 11.8. The van der Waals surface area contributed by atoms with Crippen LogP contribution in [0.5, 0.6) is 5.75 Å². The van der Waals surface area contributed by atoms with E-state index in [4.69, 9.17) is 15.7 Å². The van der Waals surface area contributed by atoms with Crippen LogP contribution < -0.4 is 15.8 Å². The molecule has 7 nitrogen and oxygen atoms in total. The zero-order chi connectivity index (χ0) is 17.5. The van der Waals surface area contributed by atoms with E-state index in [0.29, 0.717) is 30.0 Å². The summed E-state index contributed by atoms with van der Waals surface area (Å²) in [5.74, 6) is 0.358. The summed E-state index contributed by atoms with van der Waals surface area (Å²) in [6.07, 6.45) is 5.94. The van der Waals surface area contributed by atoms with Crippen LogP contribution in [0.2, 0.25) is 0 Å². The van der Waals surface area contributed by atoms with Gasteiger partial charge in [-0.2, -0.15) is 5.26 Å². The van der Waals surface area contributed by atoms with Gasteiger partial charge in [0.2, 0.25) is 0 Å². The fourth-order valence-electron chi connectivity index (χ4n) is 2.65. The number of hydrogen-bond donors (Lipinski definition) is 2. The van der Waals surface area contributed by atoms with Crippen LogP contribution in [0.4, 0.5) is 0 Å². The van der Waals surface area contributed by atoms with Gasteiger partial charge in [-0.15, -0.1) is 0 Å². The van der Waals surface area contributed by atoms with E-state index in [1.807, 2.05) is 0 Å². The molecular formula is C17H21N5O2. The highest BCUT2D eigenvalue weighted by atomic mass is 16.5. The molecule has 126 valence electrons. The second kappa shape index (κ2) is 8.02. The van der Waals surface area contributed by atoms with E-state index in [0.717, 1.165) is 12.0 Å². The van der Waals surface area contributed by atoms with Crippen LogP contribution in [-0.2, 0) is 0 Å². The van der Waals surface area contributed by atoms with E-state index in [9.17, 15) is 4.79 Å². The lowest BCUT2D eigenvalue weighted by Gasteiger charge is -2.14. The Bertz CT molecular complexity index is 705. The van der Waals surface area contributed by atoms with Gasteiger partial charge in [0.15, 0.2) is 6.19 Å². The van der Waals surface area contributed by atoms with E-state index in [-0.39, 0.29) is 11.9 Å². The number of amides is 1. The van der Waals surface area contributed by atoms with Crippen LogP contribution in [0.3, 0.4) is 0 Å². The number of carbonyl (C=O) groups is 1. The highest BCUT2D eigenvalue weighted by Crippen LogP contribution is 2.26. The molecule has 0 bridgehead atoms. The Balaban J connectivity index is 2.17. The number of rotatable bonds is 5. The standard InChI is InChI=1S/C17H21N5O2/c1-20-9-13(8-18)15-4-3-12(7-16(15)24-2)17(23)21-14-5-6-22(10-14)11-19/h3-4,7-9,14H,5-6,10,18H2,1-2H3,(H,21,23)/t14-/m1/s1. The summed E-state index contributed by atoms with van der Waals surface area (Å²) in [5.41, 5.74) is 7.60. The third kappa shape index (κ3) is 3.84. The maximum absolute atomic E-state index is 12.4. The van der Waals surface area contributed by atoms with Crippen molar-refractivity contribution >= 4 is 17.7 Å². The van der Waals surface area contributed by atoms with Crippen molar-refractivity contribution in [3.63, 3.8) is 0 Å². The van der Waals surface area contributed by atoms with Gasteiger partial charge in [-0.3, -0.25) is 9.79 Å². The zero-order valence-corrected chi connectivity index (χ0v) is 13.8. The van der Waals surface area contributed by atoms with Crippen molar-refractivity contribution in [1.82, 2.24) is 10.2 Å². The summed E-state index contributed by atoms with van der Waals surface area (Å²) < 4.78 is 5.38. The van der Waals surface area contributed by atoms with Crippen molar-refractivity contribution in [2.24, 2.45) is 10.7 Å². The molecule has 1 aliphatic heterocycles. The van der Waals surface area contributed by atoms with E-state index in [1.165, 1.54) is 6.20 Å². The molecule has 1 aliphatic rings. The number of nitrogens with two attached hydrogens (primary N) is 1. The molecule has 0 aliphatic carbocycles. The van der Waals surface area contributed by atoms with Crippen molar-refractivity contribution in [2.45, 2.75) is 12.5 Å². The largest absolute Gasteiger partial charge is 0.496 e. The maximum atomic E-state index is 12.4. The second-order valence-electron chi connectivity index (χ2n) is 5.43. The molecule has 0 spiro atoms. The Kier molecular flexibility index (Phi) is 5.79. The summed E-state index contributed by atoms with van der Waals surface area (Å²) in [6.45, 7) is 1.22. The molecular weight excluding hydrogens is 306 g/mol. The average Bonchev–Trinajstić information content (AvgIpc) is 3.06. The first kappa shape index (κ1) is 17.3. The summed E-state index contributed by atoms with van der Waals surface area (Å²) in [6, 6.07) is 5.16. The quantitative estimate of drug-likeness (QED) is 0.620. The number of methoxy groups -OCH3 is 1. The number of ether oxygens (including phenoxy) is 1. The number of aliphatic imine (C=N–C) groups is 1. The molecule has 1 saturated heterocycles. The minimum atomic E-state index is -0.188. The molecule has 1 aromatic rings. The lowest BCUT2D eigenvalue weighted by Crippen LogP contribution is -2.36. The van der Waals surface area contributed by atoms with Gasteiger partial charge in [-0.05, 0) is 24.6 Å². The van der Waals surface area contributed by atoms with Gasteiger partial charge in [0.1, 0.15) is 5.75 Å². The number of nitrogens with zero attached hydrogens (tertiary/aromatic N) is 3. The third-order valence-corrected chi connectivity index (χ3v) is 3.89. The number of nitrogens with one attached hydrogen (secondary N) is 1. The predicted molar refractivity (Wildman–Crippen MR) is 92.6 cm³/mol. The number of likely N-dealkylation sites (tertiary alicyclic amines) is 1. The molecule has 0 aromatic heterocycles.